The summed E-state index contributed by atoms with van der Waals surface area (Å²) in [5, 5.41) is 2.05. The average molecular weight is 685 g/mol. The quantitative estimate of drug-likeness (QED) is 0.185. The molecular formula is C49H36N2O2. The molecule has 0 bridgehead atoms. The largest absolute Gasteiger partial charge is 0.454 e. The van der Waals surface area contributed by atoms with Gasteiger partial charge in [-0.2, -0.15) is 0 Å². The van der Waals surface area contributed by atoms with E-state index in [0.29, 0.717) is 11.5 Å². The van der Waals surface area contributed by atoms with E-state index in [2.05, 4.69) is 136 Å². The molecule has 53 heavy (non-hydrogen) atoms. The average Bonchev–Trinajstić information content (AvgIpc) is 3.91. The van der Waals surface area contributed by atoms with Crippen LogP contribution in [0.25, 0.3) is 66.7 Å². The zero-order valence-corrected chi connectivity index (χ0v) is 30.1. The van der Waals surface area contributed by atoms with Gasteiger partial charge in [-0.15, -0.1) is 0 Å². The third kappa shape index (κ3) is 4.09. The molecule has 0 saturated carbocycles. The first-order chi connectivity index (χ1) is 25.8. The van der Waals surface area contributed by atoms with Gasteiger partial charge in [-0.05, 0) is 81.4 Å². The molecule has 0 amide bonds. The zero-order chi connectivity index (χ0) is 35.6. The number of nitrogens with zero attached hydrogens (tertiary/aromatic N) is 2. The van der Waals surface area contributed by atoms with E-state index in [1.54, 1.807) is 0 Å². The molecule has 0 N–H and O–H groups in total. The van der Waals surface area contributed by atoms with Gasteiger partial charge in [0.2, 0.25) is 5.89 Å². The smallest absolute Gasteiger partial charge is 0.227 e. The molecule has 4 nitrogen and oxygen atoms in total. The molecule has 0 aliphatic heterocycles. The van der Waals surface area contributed by atoms with Crippen LogP contribution in [-0.2, 0) is 10.8 Å². The summed E-state index contributed by atoms with van der Waals surface area (Å²) in [7, 11) is 0. The Morgan fingerprint density at radius 1 is 0.509 bits per heavy atom. The molecule has 254 valence electrons. The molecule has 9 aromatic rings. The highest BCUT2D eigenvalue weighted by Gasteiger charge is 2.40. The van der Waals surface area contributed by atoms with Crippen LogP contribution in [-0.4, -0.2) is 4.98 Å². The number of para-hydroxylation sites is 1. The molecule has 0 atom stereocenters. The Kier molecular flexibility index (Phi) is 6.04. The van der Waals surface area contributed by atoms with E-state index in [0.717, 1.165) is 50.1 Å². The van der Waals surface area contributed by atoms with Gasteiger partial charge in [-0.3, -0.25) is 0 Å². The minimum atomic E-state index is -0.186. The molecule has 11 rings (SSSR count). The topological polar surface area (TPSA) is 42.4 Å². The van der Waals surface area contributed by atoms with Gasteiger partial charge < -0.3 is 13.7 Å². The van der Waals surface area contributed by atoms with Gasteiger partial charge in [0.15, 0.2) is 11.2 Å². The van der Waals surface area contributed by atoms with E-state index < -0.39 is 0 Å². The fourth-order valence-electron chi connectivity index (χ4n) is 9.27. The van der Waals surface area contributed by atoms with Crippen LogP contribution >= 0.6 is 0 Å². The van der Waals surface area contributed by atoms with Gasteiger partial charge >= 0.3 is 0 Å². The lowest BCUT2D eigenvalue weighted by molar-refractivity contribution is 0.618. The van der Waals surface area contributed by atoms with E-state index in [1.807, 2.05) is 42.5 Å². The summed E-state index contributed by atoms with van der Waals surface area (Å²) < 4.78 is 13.8. The summed E-state index contributed by atoms with van der Waals surface area (Å²) in [5.74, 6) is 0.578. The van der Waals surface area contributed by atoms with Crippen molar-refractivity contribution >= 4 is 50.1 Å². The van der Waals surface area contributed by atoms with Crippen LogP contribution in [0.4, 0.5) is 17.1 Å². The van der Waals surface area contributed by atoms with Crippen molar-refractivity contribution in [2.24, 2.45) is 0 Å². The number of oxazole rings is 1. The minimum absolute atomic E-state index is 0.178. The second kappa shape index (κ2) is 10.6. The Balaban J connectivity index is 1.28. The van der Waals surface area contributed by atoms with E-state index in [1.165, 1.54) is 44.5 Å². The van der Waals surface area contributed by atoms with Gasteiger partial charge in [0.1, 0.15) is 16.8 Å². The number of rotatable bonds is 4. The molecule has 2 aromatic heterocycles. The normalized spacial score (nSPS) is 14.7. The van der Waals surface area contributed by atoms with Gasteiger partial charge in [0.25, 0.3) is 0 Å². The first-order valence-electron chi connectivity index (χ1n) is 18.4. The van der Waals surface area contributed by atoms with Crippen LogP contribution in [0.1, 0.15) is 49.9 Å². The van der Waals surface area contributed by atoms with Crippen molar-refractivity contribution in [3.8, 4) is 33.7 Å². The number of hydrogen-bond donors (Lipinski definition) is 0. The van der Waals surface area contributed by atoms with Crippen molar-refractivity contribution in [1.29, 1.82) is 0 Å². The SMILES string of the molecule is CC1(C)c2ccccc2-c2ccc(N(c3cccc4c3-c3ccccc3C4(C)C)c3c4oc(-c5ccccc5)nc4cc4c3oc3ccccc34)cc21. The van der Waals surface area contributed by atoms with Gasteiger partial charge in [-0.25, -0.2) is 4.98 Å². The molecule has 2 aliphatic carbocycles. The number of benzene rings is 7. The molecule has 0 unspecified atom stereocenters. The number of hydrogen-bond acceptors (Lipinski definition) is 4. The lowest BCUT2D eigenvalue weighted by atomic mass is 9.82. The Labute approximate surface area is 308 Å². The highest BCUT2D eigenvalue weighted by Crippen LogP contribution is 2.57. The van der Waals surface area contributed by atoms with Crippen LogP contribution < -0.4 is 4.90 Å². The molecule has 0 fully saturated rings. The summed E-state index contributed by atoms with van der Waals surface area (Å²) in [6, 6.07) is 51.9. The van der Waals surface area contributed by atoms with Crippen LogP contribution in [0, 0.1) is 0 Å². The molecule has 0 spiro atoms. The van der Waals surface area contributed by atoms with Crippen molar-refractivity contribution in [3.63, 3.8) is 0 Å². The van der Waals surface area contributed by atoms with Crippen molar-refractivity contribution in [1.82, 2.24) is 4.98 Å². The summed E-state index contributed by atoms with van der Waals surface area (Å²) in [5.41, 5.74) is 16.9. The highest BCUT2D eigenvalue weighted by molar-refractivity contribution is 6.18. The monoisotopic (exact) mass is 684 g/mol. The predicted molar refractivity (Wildman–Crippen MR) is 217 cm³/mol. The second-order valence-corrected chi connectivity index (χ2v) is 15.5. The van der Waals surface area contributed by atoms with E-state index >= 15 is 0 Å². The first-order valence-corrected chi connectivity index (χ1v) is 18.4. The molecule has 2 heterocycles. The predicted octanol–water partition coefficient (Wildman–Crippen LogP) is 13.5. The zero-order valence-electron chi connectivity index (χ0n) is 30.1. The standard InChI is InChI=1S/C49H36N2O2/c1-48(2)37-21-12-9-19-34(37)43-38(48)22-14-23-41(43)51(30-25-26-32-31-17-8-11-20-36(31)49(3,4)39(32)27-30)44-45-35(33-18-10-13-24-42(33)52-45)28-40-46(44)53-47(50-40)29-15-6-5-7-16-29/h5-28H,1-4H3. The Bertz CT molecular complexity index is 2960. The van der Waals surface area contributed by atoms with Crippen molar-refractivity contribution in [3.05, 3.63) is 168 Å². The Morgan fingerprint density at radius 3 is 2.00 bits per heavy atom. The summed E-state index contributed by atoms with van der Waals surface area (Å²) in [6.07, 6.45) is 0. The third-order valence-corrected chi connectivity index (χ3v) is 11.9. The Morgan fingerprint density at radius 2 is 1.17 bits per heavy atom. The second-order valence-electron chi connectivity index (χ2n) is 15.5. The van der Waals surface area contributed by atoms with Crippen LogP contribution in [0.3, 0.4) is 0 Å². The van der Waals surface area contributed by atoms with Crippen LogP contribution in [0.5, 0.6) is 0 Å². The fourth-order valence-corrected chi connectivity index (χ4v) is 9.27. The lowest BCUT2D eigenvalue weighted by Crippen LogP contribution is -2.18. The van der Waals surface area contributed by atoms with E-state index in [4.69, 9.17) is 13.8 Å². The number of aromatic nitrogens is 1. The van der Waals surface area contributed by atoms with Crippen LogP contribution in [0.15, 0.2) is 154 Å². The maximum absolute atomic E-state index is 6.92. The molecule has 0 saturated heterocycles. The van der Waals surface area contributed by atoms with Gasteiger partial charge in [0, 0.05) is 38.4 Å². The summed E-state index contributed by atoms with van der Waals surface area (Å²) in [6.45, 7) is 9.35. The molecular weight excluding hydrogens is 649 g/mol. The number of fused-ring (bicyclic) bond motifs is 10. The maximum atomic E-state index is 6.92. The van der Waals surface area contributed by atoms with Crippen LogP contribution in [0.2, 0.25) is 0 Å². The minimum Gasteiger partial charge on any atom is -0.454 e. The van der Waals surface area contributed by atoms with Crippen molar-refractivity contribution < 1.29 is 8.83 Å². The van der Waals surface area contributed by atoms with Gasteiger partial charge in [-0.1, -0.05) is 131 Å². The number of anilines is 3. The van der Waals surface area contributed by atoms with Crippen molar-refractivity contribution in [2.45, 2.75) is 38.5 Å². The van der Waals surface area contributed by atoms with Gasteiger partial charge in [0.05, 0.1) is 5.69 Å². The maximum Gasteiger partial charge on any atom is 0.227 e. The highest BCUT2D eigenvalue weighted by atomic mass is 16.4. The summed E-state index contributed by atoms with van der Waals surface area (Å²) in [4.78, 5) is 7.55. The first kappa shape index (κ1) is 30.3. The number of furan rings is 1. The molecule has 0 radical (unpaired) electrons. The molecule has 7 aromatic carbocycles. The van der Waals surface area contributed by atoms with E-state index in [-0.39, 0.29) is 10.8 Å². The summed E-state index contributed by atoms with van der Waals surface area (Å²) >= 11 is 0. The fraction of sp³-hybridized carbons (Fsp3) is 0.122. The molecule has 2 aliphatic rings. The van der Waals surface area contributed by atoms with E-state index in [9.17, 15) is 0 Å². The lowest BCUT2D eigenvalue weighted by Gasteiger charge is -2.30. The third-order valence-electron chi connectivity index (χ3n) is 11.9. The molecule has 4 heteroatoms. The van der Waals surface area contributed by atoms with Crippen molar-refractivity contribution in [2.75, 3.05) is 4.90 Å². The Hall–Kier alpha value is -6.39.